The molecule has 0 radical (unpaired) electrons. The average molecular weight is 205 g/mol. The smallest absolute Gasteiger partial charge is 0.0466 e. The van der Waals surface area contributed by atoms with Crippen molar-refractivity contribution in [2.24, 2.45) is 10.2 Å². The third kappa shape index (κ3) is 3.64. The normalized spacial score (nSPS) is 11.2. The summed E-state index contributed by atoms with van der Waals surface area (Å²) < 4.78 is 1.95. The maximum Gasteiger partial charge on any atom is 0.0466 e. The summed E-state index contributed by atoms with van der Waals surface area (Å²) in [6.45, 7) is 0.770. The van der Waals surface area contributed by atoms with E-state index in [1.165, 1.54) is 0 Å². The van der Waals surface area contributed by atoms with Crippen molar-refractivity contribution in [2.45, 2.75) is 12.5 Å². The molecule has 0 spiro atoms. The van der Waals surface area contributed by atoms with E-state index in [-0.39, 0.29) is 6.04 Å². The van der Waals surface area contributed by atoms with E-state index in [9.17, 15) is 0 Å². The summed E-state index contributed by atoms with van der Waals surface area (Å²) in [5, 5.41) is 6.99. The predicted molar refractivity (Wildman–Crippen MR) is 56.1 cm³/mol. The van der Waals surface area contributed by atoms with Crippen LogP contribution in [0.2, 0.25) is 0 Å². The molecule has 0 aromatic carbocycles. The first-order chi connectivity index (χ1) is 7.38. The van der Waals surface area contributed by atoms with Crippen molar-refractivity contribution in [1.82, 2.24) is 4.57 Å². The second-order valence-electron chi connectivity index (χ2n) is 2.94. The van der Waals surface area contributed by atoms with Crippen LogP contribution < -0.4 is 0 Å². The molecule has 0 amide bonds. The van der Waals surface area contributed by atoms with Gasteiger partial charge >= 0.3 is 0 Å². The summed E-state index contributed by atoms with van der Waals surface area (Å²) in [5.74, 6) is 0. The van der Waals surface area contributed by atoms with E-state index < -0.39 is 0 Å². The van der Waals surface area contributed by atoms with Crippen LogP contribution in [0.5, 0.6) is 0 Å². The van der Waals surface area contributed by atoms with Crippen LogP contribution >= 0.6 is 0 Å². The number of aromatic nitrogens is 1. The minimum atomic E-state index is 0.0569. The van der Waals surface area contributed by atoms with Crippen LogP contribution in [0.1, 0.15) is 12.5 Å². The van der Waals surface area contributed by atoms with E-state index in [1.54, 1.807) is 0 Å². The fourth-order valence-corrected chi connectivity index (χ4v) is 1.31. The van der Waals surface area contributed by atoms with Crippen LogP contribution in [0, 0.1) is 0 Å². The van der Waals surface area contributed by atoms with Gasteiger partial charge in [0.2, 0.25) is 0 Å². The van der Waals surface area contributed by atoms with Crippen LogP contribution in [0.3, 0.4) is 0 Å². The Balaban J connectivity index is 2.60. The minimum Gasteiger partial charge on any atom is -0.351 e. The summed E-state index contributed by atoms with van der Waals surface area (Å²) >= 11 is 0. The molecule has 7 nitrogen and oxygen atoms in total. The van der Waals surface area contributed by atoms with Gasteiger partial charge in [0.1, 0.15) is 0 Å². The molecule has 0 N–H and O–H groups in total. The van der Waals surface area contributed by atoms with Crippen LogP contribution in [-0.4, -0.2) is 17.7 Å². The highest BCUT2D eigenvalue weighted by atomic mass is 15.2. The lowest BCUT2D eigenvalue weighted by Crippen LogP contribution is -2.11. The fraction of sp³-hybridized carbons (Fsp3) is 0.500. The van der Waals surface area contributed by atoms with Crippen molar-refractivity contribution in [3.05, 3.63) is 45.4 Å². The number of hydrogen-bond acceptors (Lipinski definition) is 2. The SMILES string of the molecule is [N-]=[N+]=NCC[C@@H](CN=[N+]=[N-])n1cccc1. The third-order valence-electron chi connectivity index (χ3n) is 2.03. The quantitative estimate of drug-likeness (QED) is 0.387. The Hall–Kier alpha value is -2.10. The first kappa shape index (κ1) is 11.0. The lowest BCUT2D eigenvalue weighted by Gasteiger charge is -2.15. The first-order valence-electron chi connectivity index (χ1n) is 4.52. The van der Waals surface area contributed by atoms with Gasteiger partial charge in [-0.05, 0) is 29.6 Å². The first-order valence-corrected chi connectivity index (χ1v) is 4.52. The zero-order chi connectivity index (χ0) is 10.9. The van der Waals surface area contributed by atoms with E-state index in [4.69, 9.17) is 11.1 Å². The van der Waals surface area contributed by atoms with Crippen LogP contribution in [-0.2, 0) is 0 Å². The molecule has 0 saturated heterocycles. The highest BCUT2D eigenvalue weighted by molar-refractivity contribution is 4.93. The van der Waals surface area contributed by atoms with Gasteiger partial charge < -0.3 is 4.57 Å². The standard InChI is InChI=1S/C8H11N7/c9-13-11-4-3-8(7-12-14-10)15-5-1-2-6-15/h1-2,5-6,8H,3-4,7H2/t8-/m0/s1. The summed E-state index contributed by atoms with van der Waals surface area (Å²) in [7, 11) is 0. The molecule has 0 bridgehead atoms. The number of nitrogens with zero attached hydrogens (tertiary/aromatic N) is 7. The molecule has 1 aromatic heterocycles. The van der Waals surface area contributed by atoms with Crippen LogP contribution in [0.25, 0.3) is 20.9 Å². The van der Waals surface area contributed by atoms with E-state index in [2.05, 4.69) is 20.1 Å². The molecule has 78 valence electrons. The molecule has 0 unspecified atom stereocenters. The van der Waals surface area contributed by atoms with E-state index in [1.807, 2.05) is 29.1 Å². The molecule has 0 aliphatic heterocycles. The monoisotopic (exact) mass is 205 g/mol. The Bertz CT molecular complexity index is 370. The molecule has 1 aromatic rings. The van der Waals surface area contributed by atoms with Gasteiger partial charge in [0.25, 0.3) is 0 Å². The molecule has 0 saturated carbocycles. The molecule has 7 heteroatoms. The molecular weight excluding hydrogens is 194 g/mol. The highest BCUT2D eigenvalue weighted by Gasteiger charge is 2.07. The van der Waals surface area contributed by atoms with Crippen molar-refractivity contribution < 1.29 is 0 Å². The van der Waals surface area contributed by atoms with Gasteiger partial charge in [0, 0.05) is 41.3 Å². The van der Waals surface area contributed by atoms with Crippen molar-refractivity contribution in [3.63, 3.8) is 0 Å². The van der Waals surface area contributed by atoms with Gasteiger partial charge in [-0.1, -0.05) is 10.2 Å². The molecule has 1 rings (SSSR count). The second-order valence-corrected chi connectivity index (χ2v) is 2.94. The summed E-state index contributed by atoms with van der Waals surface area (Å²) in [4.78, 5) is 5.40. The van der Waals surface area contributed by atoms with Gasteiger partial charge in [-0.3, -0.25) is 0 Å². The van der Waals surface area contributed by atoms with Crippen molar-refractivity contribution in [3.8, 4) is 0 Å². The Kier molecular flexibility index (Phi) is 4.66. The van der Waals surface area contributed by atoms with Crippen LogP contribution in [0.4, 0.5) is 0 Å². The van der Waals surface area contributed by atoms with Gasteiger partial charge in [-0.25, -0.2) is 0 Å². The summed E-state index contributed by atoms with van der Waals surface area (Å²) in [6, 6.07) is 3.86. The maximum atomic E-state index is 8.25. The zero-order valence-electron chi connectivity index (χ0n) is 8.14. The summed E-state index contributed by atoms with van der Waals surface area (Å²) in [6.07, 6.45) is 4.46. The minimum absolute atomic E-state index is 0.0569. The Morgan fingerprint density at radius 3 is 2.40 bits per heavy atom. The van der Waals surface area contributed by atoms with Gasteiger partial charge in [0.15, 0.2) is 0 Å². The lowest BCUT2D eigenvalue weighted by atomic mass is 10.2. The Morgan fingerprint density at radius 1 is 1.13 bits per heavy atom. The van der Waals surface area contributed by atoms with E-state index in [0.29, 0.717) is 19.5 Å². The molecule has 1 heterocycles. The maximum absolute atomic E-state index is 8.25. The molecule has 0 aliphatic rings. The molecule has 0 aliphatic carbocycles. The summed E-state index contributed by atoms with van der Waals surface area (Å²) in [5.41, 5.74) is 16.4. The second kappa shape index (κ2) is 6.37. The van der Waals surface area contributed by atoms with Crippen molar-refractivity contribution >= 4 is 0 Å². The topological polar surface area (TPSA) is 102 Å². The van der Waals surface area contributed by atoms with E-state index in [0.717, 1.165) is 0 Å². The van der Waals surface area contributed by atoms with Crippen molar-refractivity contribution in [2.75, 3.05) is 13.1 Å². The average Bonchev–Trinajstić information content (AvgIpc) is 2.76. The Labute approximate surface area is 86.6 Å². The molecule has 0 fully saturated rings. The number of hydrogen-bond donors (Lipinski definition) is 0. The van der Waals surface area contributed by atoms with E-state index >= 15 is 0 Å². The van der Waals surface area contributed by atoms with Crippen molar-refractivity contribution in [1.29, 1.82) is 0 Å². The molecule has 15 heavy (non-hydrogen) atoms. The largest absolute Gasteiger partial charge is 0.351 e. The van der Waals surface area contributed by atoms with Gasteiger partial charge in [0.05, 0.1) is 0 Å². The highest BCUT2D eigenvalue weighted by Crippen LogP contribution is 2.12. The number of rotatable bonds is 6. The molecular formula is C8H11N7. The van der Waals surface area contributed by atoms with Gasteiger partial charge in [-0.15, -0.1) is 0 Å². The van der Waals surface area contributed by atoms with Gasteiger partial charge in [-0.2, -0.15) is 0 Å². The predicted octanol–water partition coefficient (Wildman–Crippen LogP) is 3.04. The number of azide groups is 2. The molecule has 1 atom stereocenters. The Morgan fingerprint density at radius 2 is 1.80 bits per heavy atom. The zero-order valence-corrected chi connectivity index (χ0v) is 8.14. The lowest BCUT2D eigenvalue weighted by molar-refractivity contribution is 0.483. The fourth-order valence-electron chi connectivity index (χ4n) is 1.31. The third-order valence-corrected chi connectivity index (χ3v) is 2.03. The van der Waals surface area contributed by atoms with Crippen LogP contribution in [0.15, 0.2) is 34.8 Å².